The summed E-state index contributed by atoms with van der Waals surface area (Å²) in [6, 6.07) is -1.88. The number of H-pyrrole nitrogens is 1. The molecule has 0 radical (unpaired) electrons. The molecule has 1 aromatic rings. The lowest BCUT2D eigenvalue weighted by Crippen LogP contribution is -2.42. The highest BCUT2D eigenvalue weighted by molar-refractivity contribution is 5.81. The maximum atomic E-state index is 12.4. The lowest BCUT2D eigenvalue weighted by Gasteiger charge is -2.25. The molecule has 0 unspecified atom stereocenters. The normalized spacial score (nSPS) is 20.4. The molecule has 27 heavy (non-hydrogen) atoms. The summed E-state index contributed by atoms with van der Waals surface area (Å²) in [6.07, 6.45) is -5.73. The van der Waals surface area contributed by atoms with Crippen molar-refractivity contribution in [2.24, 2.45) is 0 Å². The minimum Gasteiger partial charge on any atom is -0.394 e. The van der Waals surface area contributed by atoms with E-state index in [1.165, 1.54) is 0 Å². The topological polar surface area (TPSA) is 162 Å². The van der Waals surface area contributed by atoms with Gasteiger partial charge in [0, 0.05) is 8.22 Å². The van der Waals surface area contributed by atoms with E-state index in [9.17, 15) is 24.9 Å². The number of hydrogen-bond acceptors (Lipinski definition) is 8. The molecule has 3 rings (SSSR count). The van der Waals surface area contributed by atoms with Crippen LogP contribution in [0.4, 0.5) is 0 Å². The lowest BCUT2D eigenvalue weighted by molar-refractivity contribution is -0.0802. The number of aromatic amines is 1. The lowest BCUT2D eigenvalue weighted by atomic mass is 10.1. The van der Waals surface area contributed by atoms with Crippen LogP contribution < -0.4 is 11.2 Å². The second-order valence-electron chi connectivity index (χ2n) is 5.77. The fourth-order valence-electron chi connectivity index (χ4n) is 2.54. The Balaban J connectivity index is 2.57. The number of aliphatic hydroxyl groups excluding tert-OH is 4. The SMILES string of the molecule is [2H]c1c(C([2H])([2H])[2H])c(C([2H])([2H])[2H])c([2H])c2c1nc1c(=O)[nH]c(=O)nc-1n2C[C@H](O)[C@H](O)[C@H](O)CO. The highest BCUT2D eigenvalue weighted by atomic mass is 16.4. The van der Waals surface area contributed by atoms with Crippen molar-refractivity contribution in [1.29, 1.82) is 0 Å². The first kappa shape index (κ1) is 11.2. The average Bonchev–Trinajstić information content (AvgIpc) is 2.73. The van der Waals surface area contributed by atoms with Crippen LogP contribution in [-0.2, 0) is 6.54 Å². The van der Waals surface area contributed by atoms with E-state index in [1.54, 1.807) is 0 Å². The molecule has 0 saturated heterocycles. The number of nitrogens with one attached hydrogen (secondary N) is 1. The van der Waals surface area contributed by atoms with Crippen molar-refractivity contribution >= 4 is 11.0 Å². The fraction of sp³-hybridized carbons (Fsp3) is 0.412. The Kier molecular flexibility index (Phi) is 2.98. The maximum Gasteiger partial charge on any atom is 0.349 e. The standard InChI is InChI=1S/C17H20N4O6/c1-7-3-9-10(4-8(7)2)21(5-11(23)14(25)12(24)6-22)15-13(18-9)16(26)20-17(27)19-15/h3-4,11-12,14,22-25H,5-6H2,1-2H3,(H,20,26,27)/t11-,12+,14-/m0/s1/i1D3,2D3,3D,4D. The summed E-state index contributed by atoms with van der Waals surface area (Å²) in [6.45, 7) is -8.15. The van der Waals surface area contributed by atoms with Crippen molar-refractivity contribution in [3.63, 3.8) is 0 Å². The van der Waals surface area contributed by atoms with Crippen molar-refractivity contribution in [1.82, 2.24) is 19.5 Å². The summed E-state index contributed by atoms with van der Waals surface area (Å²) >= 11 is 0. The summed E-state index contributed by atoms with van der Waals surface area (Å²) in [5, 5.41) is 39.2. The summed E-state index contributed by atoms with van der Waals surface area (Å²) in [5.41, 5.74) is -6.07. The van der Waals surface area contributed by atoms with E-state index < -0.39 is 102 Å². The van der Waals surface area contributed by atoms with Gasteiger partial charge in [-0.1, -0.05) is 0 Å². The number of nitrogens with zero attached hydrogens (tertiary/aromatic N) is 3. The third-order valence-electron chi connectivity index (χ3n) is 3.91. The summed E-state index contributed by atoms with van der Waals surface area (Å²) in [5.74, 6) is -0.568. The molecule has 0 aromatic heterocycles. The zero-order chi connectivity index (χ0) is 26.6. The van der Waals surface area contributed by atoms with Gasteiger partial charge in [0.05, 0.1) is 26.9 Å². The van der Waals surface area contributed by atoms with Crippen LogP contribution in [0.2, 0.25) is 0 Å². The van der Waals surface area contributed by atoms with Crippen molar-refractivity contribution in [2.75, 3.05) is 6.61 Å². The molecule has 10 heteroatoms. The van der Waals surface area contributed by atoms with Gasteiger partial charge in [-0.05, 0) is 36.9 Å². The predicted octanol–water partition coefficient (Wildman–Crippen LogP) is -1.72. The first-order valence-corrected chi connectivity index (χ1v) is 7.64. The molecule has 2 aliphatic heterocycles. The predicted molar refractivity (Wildman–Crippen MR) is 95.6 cm³/mol. The zero-order valence-electron chi connectivity index (χ0n) is 21.6. The molecule has 5 N–H and O–H groups in total. The first-order chi connectivity index (χ1) is 16.0. The Labute approximate surface area is 164 Å². The third kappa shape index (κ3) is 3.47. The molecule has 1 aromatic carbocycles. The second-order valence-corrected chi connectivity index (χ2v) is 5.77. The van der Waals surface area contributed by atoms with Crippen LogP contribution in [0.5, 0.6) is 0 Å². The molecule has 10 nitrogen and oxygen atoms in total. The Bertz CT molecular complexity index is 1370. The summed E-state index contributed by atoms with van der Waals surface area (Å²) < 4.78 is 64.2. The average molecular weight is 384 g/mol. The molecule has 0 bridgehead atoms. The van der Waals surface area contributed by atoms with Gasteiger partial charge in [0.25, 0.3) is 5.56 Å². The number of aromatic nitrogens is 4. The number of fused-ring (bicyclic) bond motifs is 2. The second kappa shape index (κ2) is 7.16. The van der Waals surface area contributed by atoms with Crippen molar-refractivity contribution < 1.29 is 31.4 Å². The van der Waals surface area contributed by atoms with Crippen molar-refractivity contribution in [2.45, 2.75) is 38.6 Å². The van der Waals surface area contributed by atoms with E-state index in [4.69, 9.17) is 16.1 Å². The molecule has 0 spiro atoms. The number of rotatable bonds is 5. The molecule has 0 amide bonds. The van der Waals surface area contributed by atoms with Crippen LogP contribution >= 0.6 is 0 Å². The van der Waals surface area contributed by atoms with Crippen LogP contribution in [0.15, 0.2) is 21.7 Å². The van der Waals surface area contributed by atoms with E-state index in [1.807, 2.05) is 4.98 Å². The molecule has 0 fully saturated rings. The molecule has 144 valence electrons. The quantitative estimate of drug-likeness (QED) is 0.324. The van der Waals surface area contributed by atoms with Crippen LogP contribution in [0.3, 0.4) is 0 Å². The van der Waals surface area contributed by atoms with E-state index in [2.05, 4.69) is 9.97 Å². The van der Waals surface area contributed by atoms with Gasteiger partial charge in [-0.2, -0.15) is 4.98 Å². The minimum atomic E-state index is -3.20. The van der Waals surface area contributed by atoms with Crippen molar-refractivity contribution in [3.05, 3.63) is 44.0 Å². The molecule has 0 aliphatic carbocycles. The number of hydrogen-bond donors (Lipinski definition) is 5. The van der Waals surface area contributed by atoms with E-state index in [0.29, 0.717) is 0 Å². The Morgan fingerprint density at radius 3 is 2.56 bits per heavy atom. The van der Waals surface area contributed by atoms with E-state index in [-0.39, 0.29) is 0 Å². The number of benzene rings is 1. The van der Waals surface area contributed by atoms with Gasteiger partial charge in [-0.15, -0.1) is 0 Å². The van der Waals surface area contributed by atoms with Crippen molar-refractivity contribution in [3.8, 4) is 11.5 Å². The van der Waals surface area contributed by atoms with Gasteiger partial charge < -0.3 is 25.0 Å². The van der Waals surface area contributed by atoms with Gasteiger partial charge in [0.15, 0.2) is 11.5 Å². The van der Waals surface area contributed by atoms with E-state index >= 15 is 0 Å². The molecule has 2 aliphatic rings. The first-order valence-electron chi connectivity index (χ1n) is 11.6. The smallest absolute Gasteiger partial charge is 0.349 e. The molecular weight excluding hydrogens is 356 g/mol. The van der Waals surface area contributed by atoms with Crippen LogP contribution in [0, 0.1) is 13.7 Å². The Hall–Kier alpha value is -2.66. The van der Waals surface area contributed by atoms with Gasteiger partial charge in [-0.3, -0.25) is 9.78 Å². The van der Waals surface area contributed by atoms with Crippen LogP contribution in [0.25, 0.3) is 22.6 Å². The molecular formula is C17H20N4O6. The van der Waals surface area contributed by atoms with Crippen LogP contribution in [0.1, 0.15) is 22.1 Å². The van der Waals surface area contributed by atoms with Gasteiger partial charge in [0.1, 0.15) is 18.3 Å². The Morgan fingerprint density at radius 2 is 1.89 bits per heavy atom. The summed E-state index contributed by atoms with van der Waals surface area (Å²) in [4.78, 5) is 33.6. The highest BCUT2D eigenvalue weighted by Crippen LogP contribution is 2.24. The summed E-state index contributed by atoms with van der Waals surface area (Å²) in [7, 11) is 0. The third-order valence-corrected chi connectivity index (χ3v) is 3.91. The van der Waals surface area contributed by atoms with Crippen LogP contribution in [-0.4, -0.2) is 64.9 Å². The van der Waals surface area contributed by atoms with Gasteiger partial charge in [-0.25, -0.2) is 9.78 Å². The molecule has 3 atom stereocenters. The zero-order valence-corrected chi connectivity index (χ0v) is 13.6. The Morgan fingerprint density at radius 1 is 1.19 bits per heavy atom. The van der Waals surface area contributed by atoms with E-state index in [0.717, 1.165) is 4.57 Å². The molecule has 0 saturated carbocycles. The number of aliphatic hydroxyl groups is 4. The van der Waals surface area contributed by atoms with Gasteiger partial charge >= 0.3 is 5.69 Å². The monoisotopic (exact) mass is 384 g/mol. The molecule has 2 heterocycles. The largest absolute Gasteiger partial charge is 0.394 e. The fourth-order valence-corrected chi connectivity index (χ4v) is 2.54. The minimum absolute atomic E-state index is 0.566. The van der Waals surface area contributed by atoms with Gasteiger partial charge in [0.2, 0.25) is 0 Å². The maximum absolute atomic E-state index is 12.4. The highest BCUT2D eigenvalue weighted by Gasteiger charge is 2.27.